The van der Waals surface area contributed by atoms with Crippen LogP contribution in [0.3, 0.4) is 0 Å². The van der Waals surface area contributed by atoms with E-state index in [1.807, 2.05) is 17.0 Å². The van der Waals surface area contributed by atoms with Gasteiger partial charge >= 0.3 is 6.18 Å². The van der Waals surface area contributed by atoms with Crippen molar-refractivity contribution >= 4 is 27.5 Å². The number of carbonyl (C=O) groups is 1. The van der Waals surface area contributed by atoms with Gasteiger partial charge in [-0.25, -0.2) is 0 Å². The van der Waals surface area contributed by atoms with Crippen LogP contribution in [-0.4, -0.2) is 43.1 Å². The molecule has 0 radical (unpaired) electrons. The smallest absolute Gasteiger partial charge is 0.416 e. The lowest BCUT2D eigenvalue weighted by Gasteiger charge is -2.37. The first-order valence-electron chi connectivity index (χ1n) is 8.87. The van der Waals surface area contributed by atoms with Crippen LogP contribution in [0.1, 0.15) is 12.5 Å². The average molecular weight is 457 g/mol. The van der Waals surface area contributed by atoms with Crippen molar-refractivity contribution in [2.24, 2.45) is 0 Å². The Morgan fingerprint density at radius 1 is 1.07 bits per heavy atom. The first kappa shape index (κ1) is 20.5. The molecule has 0 saturated carbocycles. The van der Waals surface area contributed by atoms with Gasteiger partial charge in [0.15, 0.2) is 6.10 Å². The second-order valence-corrected chi connectivity index (χ2v) is 7.49. The summed E-state index contributed by atoms with van der Waals surface area (Å²) in [5, 5.41) is 0. The average Bonchev–Trinajstić information content (AvgIpc) is 2.69. The number of ether oxygens (including phenoxy) is 1. The van der Waals surface area contributed by atoms with Gasteiger partial charge in [-0.2, -0.15) is 13.2 Å². The number of anilines is 1. The molecular formula is C20H20BrF3N2O2. The maximum Gasteiger partial charge on any atom is 0.416 e. The Labute approximate surface area is 170 Å². The van der Waals surface area contributed by atoms with Crippen LogP contribution >= 0.6 is 15.9 Å². The minimum atomic E-state index is -4.37. The first-order valence-corrected chi connectivity index (χ1v) is 9.66. The molecule has 1 unspecified atom stereocenters. The third kappa shape index (κ3) is 4.98. The van der Waals surface area contributed by atoms with Gasteiger partial charge in [-0.3, -0.25) is 4.79 Å². The van der Waals surface area contributed by atoms with Crippen LogP contribution in [0, 0.1) is 0 Å². The zero-order chi connectivity index (χ0) is 20.3. The third-order valence-corrected chi connectivity index (χ3v) is 5.13. The van der Waals surface area contributed by atoms with Gasteiger partial charge < -0.3 is 14.5 Å². The molecule has 1 aliphatic rings. The highest BCUT2D eigenvalue weighted by atomic mass is 79.9. The predicted octanol–water partition coefficient (Wildman–Crippen LogP) is 4.58. The minimum Gasteiger partial charge on any atom is -0.481 e. The number of benzene rings is 2. The molecule has 0 aliphatic carbocycles. The lowest BCUT2D eigenvalue weighted by atomic mass is 10.1. The highest BCUT2D eigenvalue weighted by Gasteiger charge is 2.31. The highest BCUT2D eigenvalue weighted by Crippen LogP contribution is 2.32. The lowest BCUT2D eigenvalue weighted by molar-refractivity contribution is -0.138. The van der Waals surface area contributed by atoms with Crippen LogP contribution < -0.4 is 9.64 Å². The van der Waals surface area contributed by atoms with Crippen molar-refractivity contribution in [1.82, 2.24) is 4.90 Å². The second kappa shape index (κ2) is 8.43. The number of hydrogen-bond acceptors (Lipinski definition) is 3. The fourth-order valence-electron chi connectivity index (χ4n) is 3.09. The quantitative estimate of drug-likeness (QED) is 0.674. The maximum atomic E-state index is 12.9. The van der Waals surface area contributed by atoms with Gasteiger partial charge in [0.2, 0.25) is 0 Å². The lowest BCUT2D eigenvalue weighted by Crippen LogP contribution is -2.52. The van der Waals surface area contributed by atoms with E-state index in [-0.39, 0.29) is 5.91 Å². The zero-order valence-corrected chi connectivity index (χ0v) is 16.8. The van der Waals surface area contributed by atoms with Crippen molar-refractivity contribution in [1.29, 1.82) is 0 Å². The van der Waals surface area contributed by atoms with E-state index < -0.39 is 17.8 Å². The summed E-state index contributed by atoms with van der Waals surface area (Å²) in [7, 11) is 0. The largest absolute Gasteiger partial charge is 0.481 e. The van der Waals surface area contributed by atoms with E-state index in [0.717, 1.165) is 16.6 Å². The molecule has 0 N–H and O–H groups in total. The SMILES string of the molecule is CC(Oc1ccc(Br)cc1)C(=O)N1CCN(c2cccc(C(F)(F)F)c2)CC1. The molecule has 1 aliphatic heterocycles. The van der Waals surface area contributed by atoms with E-state index in [1.165, 1.54) is 6.07 Å². The van der Waals surface area contributed by atoms with Crippen molar-refractivity contribution in [3.8, 4) is 5.75 Å². The molecule has 1 atom stereocenters. The second-order valence-electron chi connectivity index (χ2n) is 6.57. The molecule has 1 amide bonds. The molecule has 2 aromatic carbocycles. The summed E-state index contributed by atoms with van der Waals surface area (Å²) in [5.41, 5.74) is -0.152. The van der Waals surface area contributed by atoms with Crippen molar-refractivity contribution in [2.75, 3.05) is 31.1 Å². The van der Waals surface area contributed by atoms with Gasteiger partial charge in [-0.05, 0) is 49.4 Å². The Morgan fingerprint density at radius 3 is 2.32 bits per heavy atom. The highest BCUT2D eigenvalue weighted by molar-refractivity contribution is 9.10. The molecule has 0 spiro atoms. The van der Waals surface area contributed by atoms with Crippen LogP contribution in [0.2, 0.25) is 0 Å². The van der Waals surface area contributed by atoms with Crippen molar-refractivity contribution in [3.05, 3.63) is 58.6 Å². The Balaban J connectivity index is 1.57. The number of hydrogen-bond donors (Lipinski definition) is 0. The van der Waals surface area contributed by atoms with Crippen LogP contribution in [0.15, 0.2) is 53.0 Å². The molecule has 150 valence electrons. The molecule has 1 fully saturated rings. The van der Waals surface area contributed by atoms with E-state index >= 15 is 0 Å². The third-order valence-electron chi connectivity index (χ3n) is 4.60. The summed E-state index contributed by atoms with van der Waals surface area (Å²) in [6.07, 6.45) is -5.01. The van der Waals surface area contributed by atoms with E-state index in [1.54, 1.807) is 30.0 Å². The summed E-state index contributed by atoms with van der Waals surface area (Å²) in [6, 6.07) is 12.5. The molecule has 8 heteroatoms. The molecule has 28 heavy (non-hydrogen) atoms. The van der Waals surface area contributed by atoms with Crippen molar-refractivity contribution < 1.29 is 22.7 Å². The molecular weight excluding hydrogens is 437 g/mol. The summed E-state index contributed by atoms with van der Waals surface area (Å²) in [5.74, 6) is 0.471. The topological polar surface area (TPSA) is 32.8 Å². The molecule has 0 bridgehead atoms. The summed E-state index contributed by atoms with van der Waals surface area (Å²) in [4.78, 5) is 16.2. The Morgan fingerprint density at radius 2 is 1.71 bits per heavy atom. The molecule has 3 rings (SSSR count). The Bertz CT molecular complexity index is 819. The number of nitrogens with zero attached hydrogens (tertiary/aromatic N) is 2. The zero-order valence-electron chi connectivity index (χ0n) is 15.2. The summed E-state index contributed by atoms with van der Waals surface area (Å²) in [6.45, 7) is 3.51. The van der Waals surface area contributed by atoms with Crippen LogP contribution in [0.5, 0.6) is 5.75 Å². The van der Waals surface area contributed by atoms with Crippen LogP contribution in [0.25, 0.3) is 0 Å². The van der Waals surface area contributed by atoms with Crippen LogP contribution in [-0.2, 0) is 11.0 Å². The summed E-state index contributed by atoms with van der Waals surface area (Å²) >= 11 is 3.35. The fraction of sp³-hybridized carbons (Fsp3) is 0.350. The molecule has 1 saturated heterocycles. The summed E-state index contributed by atoms with van der Waals surface area (Å²) < 4.78 is 45.3. The van der Waals surface area contributed by atoms with E-state index in [0.29, 0.717) is 37.6 Å². The van der Waals surface area contributed by atoms with Gasteiger partial charge in [0.25, 0.3) is 5.91 Å². The minimum absolute atomic E-state index is 0.133. The van der Waals surface area contributed by atoms with Crippen LogP contribution in [0.4, 0.5) is 18.9 Å². The van der Waals surface area contributed by atoms with Gasteiger partial charge in [0.1, 0.15) is 5.75 Å². The monoisotopic (exact) mass is 456 g/mol. The number of carbonyl (C=O) groups excluding carboxylic acids is 1. The number of rotatable bonds is 4. The van der Waals surface area contributed by atoms with E-state index in [9.17, 15) is 18.0 Å². The van der Waals surface area contributed by atoms with Gasteiger partial charge in [-0.1, -0.05) is 22.0 Å². The number of halogens is 4. The molecule has 0 aromatic heterocycles. The molecule has 1 heterocycles. The Hall–Kier alpha value is -2.22. The fourth-order valence-corrected chi connectivity index (χ4v) is 3.35. The number of piperazine rings is 1. The number of alkyl halides is 3. The maximum absolute atomic E-state index is 12.9. The van der Waals surface area contributed by atoms with Gasteiger partial charge in [0, 0.05) is 36.3 Å². The first-order chi connectivity index (χ1) is 13.2. The van der Waals surface area contributed by atoms with E-state index in [4.69, 9.17) is 4.74 Å². The standard InChI is InChI=1S/C20H20BrF3N2O2/c1-14(28-18-7-5-16(21)6-8-18)19(27)26-11-9-25(10-12-26)17-4-2-3-15(13-17)20(22,23)24/h2-8,13-14H,9-12H2,1H3. The predicted molar refractivity (Wildman–Crippen MR) is 104 cm³/mol. The van der Waals surface area contributed by atoms with E-state index in [2.05, 4.69) is 15.9 Å². The molecule has 4 nitrogen and oxygen atoms in total. The normalized spacial score (nSPS) is 16.0. The van der Waals surface area contributed by atoms with Gasteiger partial charge in [-0.15, -0.1) is 0 Å². The molecule has 2 aromatic rings. The number of amides is 1. The van der Waals surface area contributed by atoms with Crippen molar-refractivity contribution in [2.45, 2.75) is 19.2 Å². The Kier molecular flexibility index (Phi) is 6.17. The van der Waals surface area contributed by atoms with Gasteiger partial charge in [0.05, 0.1) is 5.56 Å². The van der Waals surface area contributed by atoms with Crippen molar-refractivity contribution in [3.63, 3.8) is 0 Å².